The smallest absolute Gasteiger partial charge is 0.416 e. The highest BCUT2D eigenvalue weighted by Gasteiger charge is 2.30. The number of para-hydroxylation sites is 1. The Kier molecular flexibility index (Phi) is 17.1. The molecule has 0 amide bonds. The van der Waals surface area contributed by atoms with E-state index in [9.17, 15) is 18.0 Å². The molecule has 1 N–H and O–H groups in total. The van der Waals surface area contributed by atoms with Gasteiger partial charge in [0, 0.05) is 12.3 Å². The first-order chi connectivity index (χ1) is 21.4. The topological polar surface area (TPSA) is 103 Å². The van der Waals surface area contributed by atoms with Crippen molar-refractivity contribution in [1.29, 1.82) is 0 Å². The molecule has 2 aromatic carbocycles. The minimum absolute atomic E-state index is 0.00802. The SMILES string of the molecule is O=C(OCCOCCOCCOCCOCCOCCOC1CCCCO1)c1ccccc1Nc1cccc(C(F)(F)F)c1. The summed E-state index contributed by atoms with van der Waals surface area (Å²) in [5.41, 5.74) is -0.0680. The molecule has 0 aromatic heterocycles. The summed E-state index contributed by atoms with van der Waals surface area (Å²) in [5, 5.41) is 2.86. The van der Waals surface area contributed by atoms with E-state index in [0.717, 1.165) is 38.0 Å². The maximum atomic E-state index is 13.0. The van der Waals surface area contributed by atoms with E-state index in [2.05, 4.69) is 5.32 Å². The fraction of sp³-hybridized carbons (Fsp3) is 0.581. The number of carbonyl (C=O) groups excluding carboxylic acids is 1. The molecule has 1 heterocycles. The van der Waals surface area contributed by atoms with Gasteiger partial charge in [-0.15, -0.1) is 0 Å². The van der Waals surface area contributed by atoms with Gasteiger partial charge in [-0.3, -0.25) is 0 Å². The predicted octanol–water partition coefficient (Wildman–Crippen LogP) is 5.23. The molecule has 0 bridgehead atoms. The maximum absolute atomic E-state index is 13.0. The number of nitrogens with one attached hydrogen (secondary N) is 1. The highest BCUT2D eigenvalue weighted by atomic mass is 19.4. The molecule has 0 spiro atoms. The summed E-state index contributed by atoms with van der Waals surface area (Å²) >= 11 is 0. The molecule has 0 saturated carbocycles. The monoisotopic (exact) mass is 629 g/mol. The normalized spacial score (nSPS) is 15.3. The molecule has 10 nitrogen and oxygen atoms in total. The first kappa shape index (κ1) is 35.7. The zero-order valence-electron chi connectivity index (χ0n) is 24.8. The van der Waals surface area contributed by atoms with Crippen LogP contribution in [0.2, 0.25) is 0 Å². The van der Waals surface area contributed by atoms with Crippen molar-refractivity contribution < 1.29 is 55.9 Å². The quantitative estimate of drug-likeness (QED) is 0.138. The average Bonchev–Trinajstić information content (AvgIpc) is 3.02. The maximum Gasteiger partial charge on any atom is 0.416 e. The fourth-order valence-corrected chi connectivity index (χ4v) is 4.03. The van der Waals surface area contributed by atoms with Crippen LogP contribution in [0.1, 0.15) is 35.2 Å². The molecule has 1 aliphatic heterocycles. The van der Waals surface area contributed by atoms with Crippen molar-refractivity contribution in [3.8, 4) is 0 Å². The van der Waals surface area contributed by atoms with Gasteiger partial charge in [0.15, 0.2) is 6.29 Å². The van der Waals surface area contributed by atoms with Crippen molar-refractivity contribution in [2.24, 2.45) is 0 Å². The highest BCUT2D eigenvalue weighted by Crippen LogP contribution is 2.32. The Balaban J connectivity index is 1.12. The summed E-state index contributed by atoms with van der Waals surface area (Å²) in [6.07, 6.45) is -1.38. The molecule has 44 heavy (non-hydrogen) atoms. The number of carbonyl (C=O) groups is 1. The van der Waals surface area contributed by atoms with E-state index in [1.54, 1.807) is 18.2 Å². The highest BCUT2D eigenvalue weighted by molar-refractivity contribution is 5.96. The average molecular weight is 630 g/mol. The van der Waals surface area contributed by atoms with Gasteiger partial charge in [0.05, 0.1) is 89.5 Å². The molecule has 0 aliphatic carbocycles. The first-order valence-corrected chi connectivity index (χ1v) is 14.8. The number of ether oxygens (including phenoxy) is 8. The Morgan fingerprint density at radius 2 is 1.34 bits per heavy atom. The van der Waals surface area contributed by atoms with Crippen LogP contribution in [0.5, 0.6) is 0 Å². The summed E-state index contributed by atoms with van der Waals surface area (Å²) in [7, 11) is 0. The van der Waals surface area contributed by atoms with Gasteiger partial charge in [0.2, 0.25) is 0 Å². The van der Waals surface area contributed by atoms with Gasteiger partial charge in [-0.1, -0.05) is 18.2 Å². The zero-order chi connectivity index (χ0) is 31.3. The first-order valence-electron chi connectivity index (χ1n) is 14.8. The summed E-state index contributed by atoms with van der Waals surface area (Å²) in [6.45, 7) is 5.33. The fourth-order valence-electron chi connectivity index (χ4n) is 4.03. The largest absolute Gasteiger partial charge is 0.460 e. The lowest BCUT2D eigenvalue weighted by Gasteiger charge is -2.22. The lowest BCUT2D eigenvalue weighted by Crippen LogP contribution is -2.24. The second-order valence-corrected chi connectivity index (χ2v) is 9.61. The second-order valence-electron chi connectivity index (χ2n) is 9.61. The number of hydrogen-bond donors (Lipinski definition) is 1. The van der Waals surface area contributed by atoms with Crippen LogP contribution < -0.4 is 5.32 Å². The zero-order valence-corrected chi connectivity index (χ0v) is 24.8. The Morgan fingerprint density at radius 1 is 0.750 bits per heavy atom. The molecule has 1 atom stereocenters. The number of alkyl halides is 3. The molecule has 1 unspecified atom stereocenters. The molecular weight excluding hydrogens is 587 g/mol. The standard InChI is InChI=1S/C31H42F3NO9/c32-31(33,34)25-6-5-7-26(24-25)35-28-9-2-1-8-27(28)30(36)44-23-21-41-19-17-39-15-13-37-12-14-38-16-18-40-20-22-43-29-10-3-4-11-42-29/h1-2,5-9,24,29,35H,3-4,10-23H2. The van der Waals surface area contributed by atoms with Crippen LogP contribution in [-0.2, 0) is 44.1 Å². The molecule has 1 fully saturated rings. The molecule has 1 aliphatic rings. The Labute approximate surface area is 256 Å². The van der Waals surface area contributed by atoms with Gasteiger partial charge in [0.25, 0.3) is 0 Å². The summed E-state index contributed by atoms with van der Waals surface area (Å²) in [5.74, 6) is -0.622. The van der Waals surface area contributed by atoms with Gasteiger partial charge in [0.1, 0.15) is 6.61 Å². The van der Waals surface area contributed by atoms with Crippen molar-refractivity contribution in [2.45, 2.75) is 31.7 Å². The number of esters is 1. The lowest BCUT2D eigenvalue weighted by molar-refractivity contribution is -0.169. The van der Waals surface area contributed by atoms with Gasteiger partial charge < -0.3 is 43.2 Å². The van der Waals surface area contributed by atoms with Crippen LogP contribution in [0, 0.1) is 0 Å². The van der Waals surface area contributed by atoms with Crippen molar-refractivity contribution in [2.75, 3.05) is 91.2 Å². The molecule has 1 saturated heterocycles. The Bertz CT molecular complexity index is 1070. The van der Waals surface area contributed by atoms with Crippen molar-refractivity contribution in [3.63, 3.8) is 0 Å². The summed E-state index contributed by atoms with van der Waals surface area (Å²) in [4.78, 5) is 12.5. The lowest BCUT2D eigenvalue weighted by atomic mass is 10.1. The third-order valence-electron chi connectivity index (χ3n) is 6.23. The van der Waals surface area contributed by atoms with Crippen LogP contribution in [0.3, 0.4) is 0 Å². The van der Waals surface area contributed by atoms with Crippen LogP contribution in [0.15, 0.2) is 48.5 Å². The minimum atomic E-state index is -4.47. The third kappa shape index (κ3) is 14.8. The van der Waals surface area contributed by atoms with Gasteiger partial charge >= 0.3 is 12.1 Å². The Hall–Kier alpha value is -2.78. The number of benzene rings is 2. The van der Waals surface area contributed by atoms with Crippen LogP contribution in [0.4, 0.5) is 24.5 Å². The van der Waals surface area contributed by atoms with Crippen molar-refractivity contribution in [1.82, 2.24) is 0 Å². The Morgan fingerprint density at radius 3 is 1.93 bits per heavy atom. The van der Waals surface area contributed by atoms with E-state index < -0.39 is 17.7 Å². The number of anilines is 2. The van der Waals surface area contributed by atoms with Crippen LogP contribution in [0.25, 0.3) is 0 Å². The van der Waals surface area contributed by atoms with E-state index in [-0.39, 0.29) is 30.8 Å². The van der Waals surface area contributed by atoms with Gasteiger partial charge in [-0.25, -0.2) is 4.79 Å². The molecule has 13 heteroatoms. The van der Waals surface area contributed by atoms with E-state index in [1.165, 1.54) is 18.2 Å². The minimum Gasteiger partial charge on any atom is -0.460 e. The van der Waals surface area contributed by atoms with Crippen molar-refractivity contribution >= 4 is 17.3 Å². The predicted molar refractivity (Wildman–Crippen MR) is 155 cm³/mol. The van der Waals surface area contributed by atoms with Crippen LogP contribution >= 0.6 is 0 Å². The number of rotatable bonds is 22. The van der Waals surface area contributed by atoms with E-state index in [4.69, 9.17) is 37.9 Å². The molecule has 0 radical (unpaired) electrons. The van der Waals surface area contributed by atoms with Gasteiger partial charge in [-0.05, 0) is 49.6 Å². The third-order valence-corrected chi connectivity index (χ3v) is 6.23. The molecule has 3 rings (SSSR count). The van der Waals surface area contributed by atoms with E-state index in [0.29, 0.717) is 71.8 Å². The van der Waals surface area contributed by atoms with Gasteiger partial charge in [-0.2, -0.15) is 13.2 Å². The summed E-state index contributed by atoms with van der Waals surface area (Å²) < 4.78 is 82.6. The summed E-state index contributed by atoms with van der Waals surface area (Å²) in [6, 6.07) is 11.2. The van der Waals surface area contributed by atoms with Crippen molar-refractivity contribution in [3.05, 3.63) is 59.7 Å². The van der Waals surface area contributed by atoms with E-state index >= 15 is 0 Å². The number of hydrogen-bond acceptors (Lipinski definition) is 10. The van der Waals surface area contributed by atoms with Crippen LogP contribution in [-0.4, -0.2) is 98.1 Å². The molecule has 246 valence electrons. The van der Waals surface area contributed by atoms with E-state index in [1.807, 2.05) is 0 Å². The number of halogens is 3. The second kappa shape index (κ2) is 21.0. The molecule has 2 aromatic rings. The molecular formula is C31H42F3NO9.